The van der Waals surface area contributed by atoms with Crippen LogP contribution in [-0.2, 0) is 14.2 Å². The molecule has 2 heterocycles. The lowest BCUT2D eigenvalue weighted by molar-refractivity contribution is -0.197. The third-order valence-electron chi connectivity index (χ3n) is 5.41. The maximum atomic E-state index is 6.51. The lowest BCUT2D eigenvalue weighted by Gasteiger charge is -2.46. The van der Waals surface area contributed by atoms with Crippen LogP contribution in [0.25, 0.3) is 0 Å². The molecule has 1 unspecified atom stereocenters. The smallest absolute Gasteiger partial charge is 0.0851 e. The molecule has 1 saturated carbocycles. The molecule has 2 aliphatic heterocycles. The zero-order chi connectivity index (χ0) is 13.9. The van der Waals surface area contributed by atoms with E-state index in [9.17, 15) is 0 Å². The summed E-state index contributed by atoms with van der Waals surface area (Å²) in [6.45, 7) is 3.03. The highest BCUT2D eigenvalue weighted by Gasteiger charge is 2.42. The van der Waals surface area contributed by atoms with Crippen LogP contribution in [0.5, 0.6) is 0 Å². The topological polar surface area (TPSA) is 53.7 Å². The van der Waals surface area contributed by atoms with Crippen molar-refractivity contribution in [1.82, 2.24) is 0 Å². The van der Waals surface area contributed by atoms with Crippen molar-refractivity contribution in [3.05, 3.63) is 0 Å². The minimum atomic E-state index is -0.143. The number of nitrogens with two attached hydrogens (primary N) is 1. The summed E-state index contributed by atoms with van der Waals surface area (Å²) >= 11 is 0. The van der Waals surface area contributed by atoms with Crippen LogP contribution in [0, 0.1) is 0 Å². The second-order valence-corrected chi connectivity index (χ2v) is 6.82. The fourth-order valence-electron chi connectivity index (χ4n) is 4.10. The highest BCUT2D eigenvalue weighted by atomic mass is 16.5. The Balaban J connectivity index is 1.61. The van der Waals surface area contributed by atoms with Crippen molar-refractivity contribution in [1.29, 1.82) is 0 Å². The molecule has 0 aromatic carbocycles. The first-order chi connectivity index (χ1) is 9.76. The average Bonchev–Trinajstić information content (AvgIpc) is 2.49. The summed E-state index contributed by atoms with van der Waals surface area (Å²) < 4.78 is 18.1. The molecule has 0 radical (unpaired) electrons. The van der Waals surface area contributed by atoms with Gasteiger partial charge in [0.05, 0.1) is 17.3 Å². The number of rotatable bonds is 3. The van der Waals surface area contributed by atoms with Gasteiger partial charge in [0.2, 0.25) is 0 Å². The van der Waals surface area contributed by atoms with E-state index < -0.39 is 0 Å². The van der Waals surface area contributed by atoms with Gasteiger partial charge in [-0.3, -0.25) is 0 Å². The predicted octanol–water partition coefficient (Wildman–Crippen LogP) is 2.39. The Labute approximate surface area is 122 Å². The molecule has 0 amide bonds. The summed E-state index contributed by atoms with van der Waals surface area (Å²) in [5.74, 6) is 0. The van der Waals surface area contributed by atoms with Crippen molar-refractivity contribution in [2.45, 2.75) is 75.1 Å². The fraction of sp³-hybridized carbons (Fsp3) is 1.00. The maximum Gasteiger partial charge on any atom is 0.0851 e. The van der Waals surface area contributed by atoms with Crippen molar-refractivity contribution in [2.24, 2.45) is 5.73 Å². The van der Waals surface area contributed by atoms with Crippen molar-refractivity contribution in [2.75, 3.05) is 26.4 Å². The molecule has 0 aromatic rings. The van der Waals surface area contributed by atoms with Crippen LogP contribution < -0.4 is 5.73 Å². The Morgan fingerprint density at radius 1 is 1.00 bits per heavy atom. The van der Waals surface area contributed by atoms with E-state index in [0.717, 1.165) is 45.5 Å². The van der Waals surface area contributed by atoms with Crippen molar-refractivity contribution >= 4 is 0 Å². The van der Waals surface area contributed by atoms with Gasteiger partial charge in [0.1, 0.15) is 0 Å². The van der Waals surface area contributed by atoms with E-state index >= 15 is 0 Å². The van der Waals surface area contributed by atoms with Crippen molar-refractivity contribution in [3.8, 4) is 0 Å². The number of hydrogen-bond donors (Lipinski definition) is 1. The van der Waals surface area contributed by atoms with Crippen LogP contribution in [-0.4, -0.2) is 43.7 Å². The first-order valence-electron chi connectivity index (χ1n) is 8.36. The van der Waals surface area contributed by atoms with Gasteiger partial charge in [0.25, 0.3) is 0 Å². The third-order valence-corrected chi connectivity index (χ3v) is 5.41. The summed E-state index contributed by atoms with van der Waals surface area (Å²) in [4.78, 5) is 0. The van der Waals surface area contributed by atoms with Gasteiger partial charge < -0.3 is 19.9 Å². The summed E-state index contributed by atoms with van der Waals surface area (Å²) in [5, 5.41) is 0. The molecule has 0 aromatic heterocycles. The largest absolute Gasteiger partial charge is 0.381 e. The Morgan fingerprint density at radius 3 is 2.45 bits per heavy atom. The van der Waals surface area contributed by atoms with Crippen molar-refractivity contribution in [3.63, 3.8) is 0 Å². The van der Waals surface area contributed by atoms with E-state index in [-0.39, 0.29) is 11.2 Å². The van der Waals surface area contributed by atoms with Gasteiger partial charge in [-0.15, -0.1) is 0 Å². The highest BCUT2D eigenvalue weighted by Crippen LogP contribution is 2.41. The van der Waals surface area contributed by atoms with Crippen LogP contribution in [0.15, 0.2) is 0 Å². The second-order valence-electron chi connectivity index (χ2n) is 6.82. The molecule has 1 aliphatic carbocycles. The van der Waals surface area contributed by atoms with E-state index in [1.54, 1.807) is 0 Å². The van der Waals surface area contributed by atoms with E-state index in [1.165, 1.54) is 32.1 Å². The van der Waals surface area contributed by atoms with Crippen LogP contribution in [0.1, 0.15) is 57.8 Å². The monoisotopic (exact) mass is 283 g/mol. The SMILES string of the molecule is NCC1(OC2CCOC3(CCCCC3)C2)CCOCC1. The molecule has 3 rings (SSSR count). The Kier molecular flexibility index (Phi) is 4.65. The molecule has 20 heavy (non-hydrogen) atoms. The fourth-order valence-corrected chi connectivity index (χ4v) is 4.10. The molecule has 4 nitrogen and oxygen atoms in total. The van der Waals surface area contributed by atoms with E-state index in [2.05, 4.69) is 0 Å². The standard InChI is InChI=1S/C16H29NO3/c17-13-16(7-10-18-11-8-16)20-14-4-9-19-15(12-14)5-2-1-3-6-15/h14H,1-13,17H2. The molecule has 1 spiro atoms. The molecule has 4 heteroatoms. The van der Waals surface area contributed by atoms with Crippen LogP contribution in [0.4, 0.5) is 0 Å². The Morgan fingerprint density at radius 2 is 1.75 bits per heavy atom. The van der Waals surface area contributed by atoms with Gasteiger partial charge in [-0.25, -0.2) is 0 Å². The van der Waals surface area contributed by atoms with Crippen molar-refractivity contribution < 1.29 is 14.2 Å². The highest BCUT2D eigenvalue weighted by molar-refractivity contribution is 4.93. The normalized spacial score (nSPS) is 33.1. The lowest BCUT2D eigenvalue weighted by Crippen LogP contribution is -2.51. The molecule has 1 atom stereocenters. The minimum absolute atomic E-state index is 0.113. The van der Waals surface area contributed by atoms with Crippen LogP contribution in [0.3, 0.4) is 0 Å². The molecule has 2 saturated heterocycles. The van der Waals surface area contributed by atoms with Crippen LogP contribution >= 0.6 is 0 Å². The van der Waals surface area contributed by atoms with Gasteiger partial charge in [-0.2, -0.15) is 0 Å². The predicted molar refractivity (Wildman–Crippen MR) is 77.7 cm³/mol. The third kappa shape index (κ3) is 3.19. The number of ether oxygens (including phenoxy) is 3. The van der Waals surface area contributed by atoms with E-state index in [1.807, 2.05) is 0 Å². The molecule has 0 bridgehead atoms. The first kappa shape index (κ1) is 14.8. The van der Waals surface area contributed by atoms with Crippen LogP contribution in [0.2, 0.25) is 0 Å². The van der Waals surface area contributed by atoms with Gasteiger partial charge in [-0.1, -0.05) is 19.3 Å². The minimum Gasteiger partial charge on any atom is -0.381 e. The molecular weight excluding hydrogens is 254 g/mol. The average molecular weight is 283 g/mol. The quantitative estimate of drug-likeness (QED) is 0.864. The summed E-state index contributed by atoms with van der Waals surface area (Å²) in [6, 6.07) is 0. The summed E-state index contributed by atoms with van der Waals surface area (Å²) in [7, 11) is 0. The Bertz CT molecular complexity index is 303. The van der Waals surface area contributed by atoms with Gasteiger partial charge >= 0.3 is 0 Å². The van der Waals surface area contributed by atoms with Gasteiger partial charge in [-0.05, 0) is 19.3 Å². The maximum absolute atomic E-state index is 6.51. The molecule has 3 aliphatic rings. The summed E-state index contributed by atoms with van der Waals surface area (Å²) in [6.07, 6.45) is 10.7. The van der Waals surface area contributed by atoms with Gasteiger partial charge in [0.15, 0.2) is 0 Å². The molecule has 2 N–H and O–H groups in total. The zero-order valence-electron chi connectivity index (χ0n) is 12.6. The molecule has 3 fully saturated rings. The summed E-state index contributed by atoms with van der Waals surface area (Å²) in [5.41, 5.74) is 5.98. The second kappa shape index (κ2) is 6.30. The molecular formula is C16H29NO3. The first-order valence-corrected chi connectivity index (χ1v) is 8.36. The van der Waals surface area contributed by atoms with E-state index in [0.29, 0.717) is 12.6 Å². The van der Waals surface area contributed by atoms with E-state index in [4.69, 9.17) is 19.9 Å². The molecule has 116 valence electrons. The number of hydrogen-bond acceptors (Lipinski definition) is 4. The zero-order valence-corrected chi connectivity index (χ0v) is 12.6. The lowest BCUT2D eigenvalue weighted by atomic mass is 9.78. The van der Waals surface area contributed by atoms with Gasteiger partial charge in [0, 0.05) is 45.6 Å². The Hall–Kier alpha value is -0.160.